The quantitative estimate of drug-likeness (QED) is 0.631. The number of Topliss-reactive ketones (excluding diaryl/α,β-unsaturated/α-hetero) is 1. The third kappa shape index (κ3) is 4.39. The monoisotopic (exact) mass is 186 g/mol. The maximum Gasteiger partial charge on any atom is 0.158 e. The predicted octanol–water partition coefficient (Wildman–Crippen LogP) is 1.55. The molecule has 0 aromatic heterocycles. The zero-order valence-electron chi connectivity index (χ0n) is 8.25. The van der Waals surface area contributed by atoms with Crippen molar-refractivity contribution in [1.29, 1.82) is 0 Å². The van der Waals surface area contributed by atoms with Gasteiger partial charge in [0.05, 0.1) is 12.7 Å². The van der Waals surface area contributed by atoms with Crippen molar-refractivity contribution in [1.82, 2.24) is 0 Å². The van der Waals surface area contributed by atoms with Crippen LogP contribution in [0.4, 0.5) is 0 Å². The molecule has 13 heavy (non-hydrogen) atoms. The highest BCUT2D eigenvalue weighted by Gasteiger charge is 2.15. The molecule has 0 amide bonds. The molecular weight excluding hydrogens is 168 g/mol. The van der Waals surface area contributed by atoms with Crippen LogP contribution in [-0.2, 0) is 14.3 Å². The first-order valence-corrected chi connectivity index (χ1v) is 5.04. The van der Waals surface area contributed by atoms with E-state index in [0.717, 1.165) is 25.9 Å². The molecule has 1 aliphatic heterocycles. The van der Waals surface area contributed by atoms with Crippen molar-refractivity contribution >= 4 is 5.78 Å². The number of rotatable bonds is 6. The van der Waals surface area contributed by atoms with Crippen LogP contribution in [0.25, 0.3) is 0 Å². The van der Waals surface area contributed by atoms with E-state index in [0.29, 0.717) is 13.0 Å². The van der Waals surface area contributed by atoms with Crippen LogP contribution in [0.2, 0.25) is 0 Å². The Labute approximate surface area is 79.4 Å². The molecule has 1 saturated heterocycles. The highest BCUT2D eigenvalue weighted by Crippen LogP contribution is 2.11. The molecule has 1 rings (SSSR count). The van der Waals surface area contributed by atoms with E-state index in [9.17, 15) is 4.79 Å². The molecular formula is C10H18O3. The van der Waals surface area contributed by atoms with E-state index in [4.69, 9.17) is 9.47 Å². The van der Waals surface area contributed by atoms with Gasteiger partial charge in [0, 0.05) is 13.0 Å². The first-order chi connectivity index (χ1) is 6.33. The van der Waals surface area contributed by atoms with Crippen molar-refractivity contribution in [3.05, 3.63) is 0 Å². The number of ketones is 1. The molecule has 1 unspecified atom stereocenters. The summed E-state index contributed by atoms with van der Waals surface area (Å²) in [5, 5.41) is 0. The zero-order valence-corrected chi connectivity index (χ0v) is 8.25. The Hall–Kier alpha value is -0.410. The third-order valence-corrected chi connectivity index (χ3v) is 2.12. The number of carbonyl (C=O) groups excluding carboxylic acids is 1. The van der Waals surface area contributed by atoms with Crippen molar-refractivity contribution in [3.63, 3.8) is 0 Å². The summed E-state index contributed by atoms with van der Waals surface area (Å²) in [6.07, 6.45) is 3.96. The fourth-order valence-electron chi connectivity index (χ4n) is 1.43. The van der Waals surface area contributed by atoms with Crippen molar-refractivity contribution in [2.24, 2.45) is 0 Å². The minimum Gasteiger partial charge on any atom is -0.376 e. The lowest BCUT2D eigenvalue weighted by molar-refractivity contribution is -0.124. The molecule has 0 N–H and O–H groups in total. The average molecular weight is 186 g/mol. The number of hydrogen-bond acceptors (Lipinski definition) is 3. The van der Waals surface area contributed by atoms with Gasteiger partial charge in [-0.15, -0.1) is 0 Å². The molecule has 76 valence electrons. The molecule has 1 aliphatic rings. The van der Waals surface area contributed by atoms with Gasteiger partial charge in [0.25, 0.3) is 0 Å². The number of carbonyl (C=O) groups is 1. The van der Waals surface area contributed by atoms with Gasteiger partial charge in [-0.1, -0.05) is 6.92 Å². The van der Waals surface area contributed by atoms with E-state index < -0.39 is 0 Å². The lowest BCUT2D eigenvalue weighted by atomic mass is 10.2. The Kier molecular flexibility index (Phi) is 5.01. The summed E-state index contributed by atoms with van der Waals surface area (Å²) in [5.41, 5.74) is 0. The predicted molar refractivity (Wildman–Crippen MR) is 49.7 cm³/mol. The van der Waals surface area contributed by atoms with Crippen LogP contribution >= 0.6 is 0 Å². The van der Waals surface area contributed by atoms with Gasteiger partial charge in [-0.05, 0) is 19.3 Å². The Morgan fingerprint density at radius 2 is 2.46 bits per heavy atom. The maximum atomic E-state index is 11.1. The van der Waals surface area contributed by atoms with Gasteiger partial charge in [0.2, 0.25) is 0 Å². The second-order valence-corrected chi connectivity index (χ2v) is 3.44. The van der Waals surface area contributed by atoms with Crippen molar-refractivity contribution in [2.45, 2.75) is 38.7 Å². The fraction of sp³-hybridized carbons (Fsp3) is 0.900. The van der Waals surface area contributed by atoms with Gasteiger partial charge in [-0.2, -0.15) is 0 Å². The number of hydrogen-bond donors (Lipinski definition) is 0. The molecule has 0 aromatic carbocycles. The first-order valence-electron chi connectivity index (χ1n) is 5.04. The molecule has 3 heteroatoms. The highest BCUT2D eigenvalue weighted by molar-refractivity contribution is 5.79. The minimum atomic E-state index is 0.195. The molecule has 0 aromatic rings. The van der Waals surface area contributed by atoms with E-state index in [1.54, 1.807) is 0 Å². The summed E-state index contributed by atoms with van der Waals surface area (Å²) in [7, 11) is 0. The van der Waals surface area contributed by atoms with Crippen LogP contribution in [0.1, 0.15) is 32.6 Å². The Bertz CT molecular complexity index is 150. The summed E-state index contributed by atoms with van der Waals surface area (Å²) in [6, 6.07) is 0. The molecule has 0 bridgehead atoms. The zero-order chi connectivity index (χ0) is 9.52. The van der Waals surface area contributed by atoms with E-state index in [1.165, 1.54) is 0 Å². The topological polar surface area (TPSA) is 35.5 Å². The van der Waals surface area contributed by atoms with E-state index in [1.807, 2.05) is 6.92 Å². The van der Waals surface area contributed by atoms with Gasteiger partial charge in [-0.3, -0.25) is 4.79 Å². The Morgan fingerprint density at radius 1 is 1.62 bits per heavy atom. The fourth-order valence-corrected chi connectivity index (χ4v) is 1.43. The van der Waals surface area contributed by atoms with Crippen molar-refractivity contribution < 1.29 is 14.3 Å². The van der Waals surface area contributed by atoms with Crippen LogP contribution in [0.15, 0.2) is 0 Å². The van der Waals surface area contributed by atoms with Crippen molar-refractivity contribution in [3.8, 4) is 0 Å². The molecule has 0 radical (unpaired) electrons. The van der Waals surface area contributed by atoms with Gasteiger partial charge in [0.1, 0.15) is 6.61 Å². The average Bonchev–Trinajstić information content (AvgIpc) is 2.57. The molecule has 1 heterocycles. The van der Waals surface area contributed by atoms with E-state index >= 15 is 0 Å². The normalized spacial score (nSPS) is 22.1. The highest BCUT2D eigenvalue weighted by atomic mass is 16.5. The smallest absolute Gasteiger partial charge is 0.158 e. The summed E-state index contributed by atoms with van der Waals surface area (Å²) in [5.74, 6) is 0.195. The second kappa shape index (κ2) is 6.11. The first kappa shape index (κ1) is 10.7. The minimum absolute atomic E-state index is 0.195. The Balaban J connectivity index is 1.96. The summed E-state index contributed by atoms with van der Waals surface area (Å²) in [4.78, 5) is 11.1. The van der Waals surface area contributed by atoms with Crippen LogP contribution in [-0.4, -0.2) is 31.7 Å². The second-order valence-electron chi connectivity index (χ2n) is 3.44. The van der Waals surface area contributed by atoms with Gasteiger partial charge in [0.15, 0.2) is 5.78 Å². The van der Waals surface area contributed by atoms with Crippen LogP contribution in [0.5, 0.6) is 0 Å². The SMILES string of the molecule is CCCC(=O)COCC1CCCO1. The summed E-state index contributed by atoms with van der Waals surface area (Å²) in [6.45, 7) is 3.68. The van der Waals surface area contributed by atoms with Gasteiger partial charge >= 0.3 is 0 Å². The lowest BCUT2D eigenvalue weighted by Crippen LogP contribution is -2.17. The third-order valence-electron chi connectivity index (χ3n) is 2.12. The standard InChI is InChI=1S/C10H18O3/c1-2-4-9(11)7-12-8-10-5-3-6-13-10/h10H,2-8H2,1H3. The molecule has 0 spiro atoms. The molecule has 3 nitrogen and oxygen atoms in total. The summed E-state index contributed by atoms with van der Waals surface area (Å²) < 4.78 is 10.6. The van der Waals surface area contributed by atoms with E-state index in [2.05, 4.69) is 0 Å². The summed E-state index contributed by atoms with van der Waals surface area (Å²) >= 11 is 0. The lowest BCUT2D eigenvalue weighted by Gasteiger charge is -2.08. The molecule has 0 saturated carbocycles. The van der Waals surface area contributed by atoms with Gasteiger partial charge < -0.3 is 9.47 Å². The molecule has 0 aliphatic carbocycles. The van der Waals surface area contributed by atoms with Gasteiger partial charge in [-0.25, -0.2) is 0 Å². The van der Waals surface area contributed by atoms with E-state index in [-0.39, 0.29) is 18.5 Å². The van der Waals surface area contributed by atoms with Crippen molar-refractivity contribution in [2.75, 3.05) is 19.8 Å². The Morgan fingerprint density at radius 3 is 3.08 bits per heavy atom. The van der Waals surface area contributed by atoms with Crippen LogP contribution < -0.4 is 0 Å². The number of ether oxygens (including phenoxy) is 2. The molecule has 1 fully saturated rings. The molecule has 1 atom stereocenters. The largest absolute Gasteiger partial charge is 0.376 e. The maximum absolute atomic E-state index is 11.1. The van der Waals surface area contributed by atoms with Crippen LogP contribution in [0.3, 0.4) is 0 Å². The van der Waals surface area contributed by atoms with Crippen LogP contribution in [0, 0.1) is 0 Å².